The zero-order chi connectivity index (χ0) is 30.1. The maximum atomic E-state index is 14.2. The Bertz CT molecular complexity index is 1770. The van der Waals surface area contributed by atoms with Crippen LogP contribution < -0.4 is 10.6 Å². The number of hydrogen-bond donors (Lipinski definition) is 2. The number of amides is 1. The summed E-state index contributed by atoms with van der Waals surface area (Å²) in [5, 5.41) is 17.0. The van der Waals surface area contributed by atoms with E-state index < -0.39 is 11.6 Å². The van der Waals surface area contributed by atoms with E-state index in [0.29, 0.717) is 18.6 Å². The standard InChI is InChI=1S/C33H34F2N6O2/c1-20-30(18-31(42)38-28-17-24(13-14-43-3)37-33(28)22-9-11-26(34)27(35)16-22)41(25-7-5-4-6-8-25)39-32(20)21-10-12-29-23(15-21)19-36-40(29)2/h4-12,15-16,19,24,28,33,37H,13-14,17-18H2,1-3H3,(H,38,42)/t24-,28-,33+/m1/s1. The van der Waals surface area contributed by atoms with E-state index in [4.69, 9.17) is 9.84 Å². The van der Waals surface area contributed by atoms with Gasteiger partial charge in [0.1, 0.15) is 0 Å². The predicted molar refractivity (Wildman–Crippen MR) is 161 cm³/mol. The summed E-state index contributed by atoms with van der Waals surface area (Å²) in [5.41, 5.74) is 5.87. The first-order valence-corrected chi connectivity index (χ1v) is 14.4. The third-order valence-electron chi connectivity index (χ3n) is 8.27. The smallest absolute Gasteiger partial charge is 0.226 e. The first-order valence-electron chi connectivity index (χ1n) is 14.4. The van der Waals surface area contributed by atoms with Gasteiger partial charge in [-0.3, -0.25) is 9.48 Å². The fraction of sp³-hybridized carbons (Fsp3) is 0.303. The van der Waals surface area contributed by atoms with Gasteiger partial charge in [0, 0.05) is 43.8 Å². The van der Waals surface area contributed by atoms with Gasteiger partial charge in [-0.25, -0.2) is 13.5 Å². The van der Waals surface area contributed by atoms with E-state index in [9.17, 15) is 13.6 Å². The normalized spacial score (nSPS) is 18.4. The molecule has 0 unspecified atom stereocenters. The van der Waals surface area contributed by atoms with Crippen LogP contribution in [-0.4, -0.2) is 51.3 Å². The number of carbonyl (C=O) groups excluding carboxylic acids is 1. The number of para-hydroxylation sites is 1. The summed E-state index contributed by atoms with van der Waals surface area (Å²) in [4.78, 5) is 13.7. The molecule has 43 heavy (non-hydrogen) atoms. The highest BCUT2D eigenvalue weighted by atomic mass is 19.2. The van der Waals surface area contributed by atoms with Crippen LogP contribution in [0.3, 0.4) is 0 Å². The Morgan fingerprint density at radius 2 is 1.91 bits per heavy atom. The number of carbonyl (C=O) groups is 1. The molecule has 3 aromatic carbocycles. The fourth-order valence-electron chi connectivity index (χ4n) is 6.03. The van der Waals surface area contributed by atoms with Crippen LogP contribution in [0.5, 0.6) is 0 Å². The van der Waals surface area contributed by atoms with Gasteiger partial charge in [-0.2, -0.15) is 10.2 Å². The summed E-state index contributed by atoms with van der Waals surface area (Å²) in [5.74, 6) is -1.99. The minimum absolute atomic E-state index is 0.0499. The maximum absolute atomic E-state index is 14.2. The van der Waals surface area contributed by atoms with Crippen molar-refractivity contribution >= 4 is 16.8 Å². The molecule has 0 radical (unpaired) electrons. The molecule has 0 spiro atoms. The number of methoxy groups -OCH3 is 1. The molecule has 3 heterocycles. The SMILES string of the molecule is COCC[C@@H]1C[C@@H](NC(=O)Cc2c(C)c(-c3ccc4c(cnn4C)c3)nn2-c2ccccc2)[C@H](c2ccc(F)c(F)c2)N1. The van der Waals surface area contributed by atoms with Gasteiger partial charge in [-0.05, 0) is 67.3 Å². The minimum atomic E-state index is -0.913. The number of nitrogens with zero attached hydrogens (tertiary/aromatic N) is 4. The number of rotatable bonds is 9. The van der Waals surface area contributed by atoms with Gasteiger partial charge < -0.3 is 15.4 Å². The second-order valence-corrected chi connectivity index (χ2v) is 11.1. The van der Waals surface area contributed by atoms with Crippen LogP contribution in [-0.2, 0) is 23.0 Å². The molecule has 2 N–H and O–H groups in total. The van der Waals surface area contributed by atoms with Gasteiger partial charge >= 0.3 is 0 Å². The molecule has 1 saturated heterocycles. The van der Waals surface area contributed by atoms with Crippen molar-refractivity contribution in [3.63, 3.8) is 0 Å². The van der Waals surface area contributed by atoms with Crippen LogP contribution in [0.4, 0.5) is 8.78 Å². The van der Waals surface area contributed by atoms with Crippen molar-refractivity contribution in [1.82, 2.24) is 30.2 Å². The highest BCUT2D eigenvalue weighted by Crippen LogP contribution is 2.32. The van der Waals surface area contributed by atoms with Crippen molar-refractivity contribution in [2.45, 2.75) is 44.3 Å². The molecule has 8 nitrogen and oxygen atoms in total. The number of fused-ring (bicyclic) bond motifs is 1. The zero-order valence-electron chi connectivity index (χ0n) is 24.3. The number of nitrogens with one attached hydrogen (secondary N) is 2. The van der Waals surface area contributed by atoms with Crippen molar-refractivity contribution in [2.24, 2.45) is 7.05 Å². The Labute approximate surface area is 248 Å². The topological polar surface area (TPSA) is 86.0 Å². The molecule has 0 aliphatic carbocycles. The summed E-state index contributed by atoms with van der Waals surface area (Å²) in [6, 6.07) is 19.1. The van der Waals surface area contributed by atoms with Crippen molar-refractivity contribution in [3.8, 4) is 16.9 Å². The minimum Gasteiger partial charge on any atom is -0.385 e. The highest BCUT2D eigenvalue weighted by Gasteiger charge is 2.36. The molecular formula is C33H34F2N6O2. The van der Waals surface area contributed by atoms with Crippen LogP contribution >= 0.6 is 0 Å². The van der Waals surface area contributed by atoms with Crippen LogP contribution in [0.15, 0.2) is 72.9 Å². The molecule has 1 aliphatic heterocycles. The summed E-state index contributed by atoms with van der Waals surface area (Å²) >= 11 is 0. The largest absolute Gasteiger partial charge is 0.385 e. The third kappa shape index (κ3) is 5.80. The van der Waals surface area contributed by atoms with E-state index in [-0.39, 0.29) is 30.5 Å². The van der Waals surface area contributed by atoms with Gasteiger partial charge in [0.2, 0.25) is 5.91 Å². The number of benzene rings is 3. The lowest BCUT2D eigenvalue weighted by Crippen LogP contribution is -2.39. The van der Waals surface area contributed by atoms with E-state index in [1.165, 1.54) is 6.07 Å². The van der Waals surface area contributed by atoms with Crippen molar-refractivity contribution < 1.29 is 18.3 Å². The van der Waals surface area contributed by atoms with Crippen molar-refractivity contribution in [3.05, 3.63) is 101 Å². The number of hydrogen-bond acceptors (Lipinski definition) is 5. The lowest BCUT2D eigenvalue weighted by atomic mass is 9.99. The molecule has 1 amide bonds. The monoisotopic (exact) mass is 584 g/mol. The molecule has 6 rings (SSSR count). The molecule has 3 atom stereocenters. The van der Waals surface area contributed by atoms with Gasteiger partial charge in [-0.1, -0.05) is 30.3 Å². The van der Waals surface area contributed by atoms with Crippen LogP contribution in [0.2, 0.25) is 0 Å². The van der Waals surface area contributed by atoms with Crippen LogP contribution in [0.1, 0.15) is 35.7 Å². The quantitative estimate of drug-likeness (QED) is 0.250. The highest BCUT2D eigenvalue weighted by molar-refractivity contribution is 5.85. The van der Waals surface area contributed by atoms with E-state index in [1.54, 1.807) is 13.2 Å². The van der Waals surface area contributed by atoms with Gasteiger partial charge in [0.15, 0.2) is 11.6 Å². The molecule has 0 bridgehead atoms. The van der Waals surface area contributed by atoms with Crippen LogP contribution in [0.25, 0.3) is 27.8 Å². The van der Waals surface area contributed by atoms with Gasteiger partial charge in [0.25, 0.3) is 0 Å². The lowest BCUT2D eigenvalue weighted by Gasteiger charge is -2.22. The summed E-state index contributed by atoms with van der Waals surface area (Å²) in [7, 11) is 3.55. The molecule has 10 heteroatoms. The van der Waals surface area contributed by atoms with E-state index >= 15 is 0 Å². The Morgan fingerprint density at radius 1 is 1.09 bits per heavy atom. The van der Waals surface area contributed by atoms with Gasteiger partial charge in [0.05, 0.1) is 41.3 Å². The summed E-state index contributed by atoms with van der Waals surface area (Å²) < 4.78 is 36.8. The Balaban J connectivity index is 1.30. The maximum Gasteiger partial charge on any atom is 0.226 e. The molecule has 5 aromatic rings. The first-order chi connectivity index (χ1) is 20.8. The lowest BCUT2D eigenvalue weighted by molar-refractivity contribution is -0.121. The Morgan fingerprint density at radius 3 is 2.67 bits per heavy atom. The third-order valence-corrected chi connectivity index (χ3v) is 8.27. The van der Waals surface area contributed by atoms with Crippen LogP contribution in [0, 0.1) is 18.6 Å². The average Bonchev–Trinajstić information content (AvgIpc) is 3.69. The van der Waals surface area contributed by atoms with Crippen molar-refractivity contribution in [1.29, 1.82) is 0 Å². The Hall–Kier alpha value is -4.41. The number of aryl methyl sites for hydroxylation is 1. The number of halogens is 2. The molecule has 1 fully saturated rings. The predicted octanol–water partition coefficient (Wildman–Crippen LogP) is 5.18. The molecule has 0 saturated carbocycles. The molecule has 1 aliphatic rings. The van der Waals surface area contributed by atoms with E-state index in [2.05, 4.69) is 21.8 Å². The second kappa shape index (κ2) is 12.1. The number of ether oxygens (including phenoxy) is 1. The zero-order valence-corrected chi connectivity index (χ0v) is 24.3. The summed E-state index contributed by atoms with van der Waals surface area (Å²) in [6.07, 6.45) is 3.28. The summed E-state index contributed by atoms with van der Waals surface area (Å²) in [6.45, 7) is 2.53. The van der Waals surface area contributed by atoms with E-state index in [0.717, 1.165) is 51.6 Å². The number of aromatic nitrogens is 4. The Kier molecular flexibility index (Phi) is 8.05. The average molecular weight is 585 g/mol. The van der Waals surface area contributed by atoms with Crippen molar-refractivity contribution in [2.75, 3.05) is 13.7 Å². The molecular weight excluding hydrogens is 550 g/mol. The molecule has 2 aromatic heterocycles. The fourth-order valence-corrected chi connectivity index (χ4v) is 6.03. The van der Waals surface area contributed by atoms with Gasteiger partial charge in [-0.15, -0.1) is 0 Å². The molecule has 222 valence electrons. The van der Waals surface area contributed by atoms with E-state index in [1.807, 2.05) is 72.0 Å². The second-order valence-electron chi connectivity index (χ2n) is 11.1. The first kappa shape index (κ1) is 28.7.